The Hall–Kier alpha value is -1.40. The van der Waals surface area contributed by atoms with Gasteiger partial charge in [0.1, 0.15) is 0 Å². The predicted octanol–water partition coefficient (Wildman–Crippen LogP) is 2.49. The van der Waals surface area contributed by atoms with E-state index in [4.69, 9.17) is 0 Å². The number of hydrogen-bond donors (Lipinski definition) is 2. The number of thiophene rings is 1. The first kappa shape index (κ1) is 19.6. The van der Waals surface area contributed by atoms with E-state index in [1.165, 1.54) is 11.3 Å². The summed E-state index contributed by atoms with van der Waals surface area (Å²) in [5.74, 6) is -0.0206. The molecule has 0 unspecified atom stereocenters. The summed E-state index contributed by atoms with van der Waals surface area (Å²) in [5.41, 5.74) is 0. The number of amides is 2. The van der Waals surface area contributed by atoms with Crippen LogP contribution in [0.15, 0.2) is 17.5 Å². The molecule has 1 rings (SSSR count). The lowest BCUT2D eigenvalue weighted by molar-refractivity contribution is -0.121. The quantitative estimate of drug-likeness (QED) is 0.644. The minimum atomic E-state index is -0.0649. The van der Waals surface area contributed by atoms with Crippen LogP contribution in [-0.4, -0.2) is 48.4 Å². The topological polar surface area (TPSA) is 61.4 Å². The van der Waals surface area contributed by atoms with E-state index in [0.717, 1.165) is 6.54 Å². The van der Waals surface area contributed by atoms with Gasteiger partial charge >= 0.3 is 0 Å². The van der Waals surface area contributed by atoms with E-state index in [0.29, 0.717) is 42.9 Å². The van der Waals surface area contributed by atoms with Crippen LogP contribution in [0, 0.1) is 0 Å². The molecule has 0 aromatic carbocycles. The van der Waals surface area contributed by atoms with Crippen molar-refractivity contribution in [2.45, 2.75) is 52.6 Å². The molecule has 0 radical (unpaired) electrons. The second-order valence-corrected chi connectivity index (χ2v) is 7.06. The van der Waals surface area contributed by atoms with Gasteiger partial charge < -0.3 is 10.6 Å². The molecule has 0 saturated carbocycles. The maximum Gasteiger partial charge on any atom is 0.261 e. The van der Waals surface area contributed by atoms with Crippen molar-refractivity contribution in [3.8, 4) is 0 Å². The molecule has 0 aliphatic heterocycles. The van der Waals surface area contributed by atoms with Crippen LogP contribution < -0.4 is 10.6 Å². The van der Waals surface area contributed by atoms with Crippen LogP contribution in [0.25, 0.3) is 0 Å². The van der Waals surface area contributed by atoms with Crippen molar-refractivity contribution in [2.24, 2.45) is 0 Å². The highest BCUT2D eigenvalue weighted by Crippen LogP contribution is 2.07. The Morgan fingerprint density at radius 2 is 1.83 bits per heavy atom. The first-order valence-corrected chi connectivity index (χ1v) is 9.14. The lowest BCUT2D eigenvalue weighted by Gasteiger charge is -2.30. The Bertz CT molecular complexity index is 464. The average molecular weight is 340 g/mol. The number of rotatable bonds is 10. The zero-order valence-corrected chi connectivity index (χ0v) is 15.4. The van der Waals surface area contributed by atoms with Gasteiger partial charge in [0, 0.05) is 38.1 Å². The number of nitrogens with one attached hydrogen (secondary N) is 2. The molecule has 2 N–H and O–H groups in total. The number of carbonyl (C=O) groups excluding carboxylic acids is 2. The second kappa shape index (κ2) is 10.4. The van der Waals surface area contributed by atoms with Gasteiger partial charge in [-0.05, 0) is 45.6 Å². The molecule has 23 heavy (non-hydrogen) atoms. The highest BCUT2D eigenvalue weighted by atomic mass is 32.1. The normalized spacial score (nSPS) is 11.3. The number of hydrogen-bond acceptors (Lipinski definition) is 4. The largest absolute Gasteiger partial charge is 0.355 e. The first-order valence-electron chi connectivity index (χ1n) is 8.26. The molecule has 5 nitrogen and oxygen atoms in total. The van der Waals surface area contributed by atoms with Gasteiger partial charge in [0.2, 0.25) is 5.91 Å². The fraction of sp³-hybridized carbons (Fsp3) is 0.647. The van der Waals surface area contributed by atoms with Crippen molar-refractivity contribution in [3.05, 3.63) is 22.4 Å². The summed E-state index contributed by atoms with van der Waals surface area (Å²) in [6.45, 7) is 10.7. The summed E-state index contributed by atoms with van der Waals surface area (Å²) in [6, 6.07) is 4.59. The molecular weight excluding hydrogens is 310 g/mol. The average Bonchev–Trinajstić information content (AvgIpc) is 3.01. The summed E-state index contributed by atoms with van der Waals surface area (Å²) in [7, 11) is 0. The molecular formula is C17H29N3O2S. The molecule has 0 saturated heterocycles. The van der Waals surface area contributed by atoms with Crippen molar-refractivity contribution >= 4 is 23.2 Å². The lowest BCUT2D eigenvalue weighted by Crippen LogP contribution is -2.42. The van der Waals surface area contributed by atoms with Gasteiger partial charge in [0.25, 0.3) is 5.91 Å². The molecule has 1 heterocycles. The molecule has 1 aromatic rings. The second-order valence-electron chi connectivity index (χ2n) is 6.11. The molecule has 0 bridgehead atoms. The van der Waals surface area contributed by atoms with Gasteiger partial charge in [0.05, 0.1) is 4.88 Å². The SMILES string of the molecule is CC(C)N(CCNC(=O)CCCNC(=O)c1cccs1)C(C)C. The van der Waals surface area contributed by atoms with Crippen molar-refractivity contribution in [1.82, 2.24) is 15.5 Å². The van der Waals surface area contributed by atoms with Gasteiger partial charge in [-0.2, -0.15) is 0 Å². The van der Waals surface area contributed by atoms with E-state index in [9.17, 15) is 9.59 Å². The van der Waals surface area contributed by atoms with E-state index in [-0.39, 0.29) is 11.8 Å². The van der Waals surface area contributed by atoms with Crippen LogP contribution in [0.2, 0.25) is 0 Å². The van der Waals surface area contributed by atoms with Gasteiger partial charge in [-0.15, -0.1) is 11.3 Å². The Labute approximate surface area is 143 Å². The van der Waals surface area contributed by atoms with Crippen molar-refractivity contribution < 1.29 is 9.59 Å². The maximum absolute atomic E-state index is 11.8. The molecule has 1 aromatic heterocycles. The number of nitrogens with zero attached hydrogens (tertiary/aromatic N) is 1. The standard InChI is InChI=1S/C17H29N3O2S/c1-13(2)20(14(3)4)11-10-18-16(21)8-5-9-19-17(22)15-7-6-12-23-15/h6-7,12-14H,5,8-11H2,1-4H3,(H,18,21)(H,19,22). The molecule has 0 spiro atoms. The molecule has 0 aliphatic carbocycles. The fourth-order valence-corrected chi connectivity index (χ4v) is 3.11. The smallest absolute Gasteiger partial charge is 0.261 e. The van der Waals surface area contributed by atoms with Crippen LogP contribution in [0.1, 0.15) is 50.2 Å². The summed E-state index contributed by atoms with van der Waals surface area (Å²) in [4.78, 5) is 26.6. The van der Waals surface area contributed by atoms with Gasteiger partial charge in [-0.3, -0.25) is 14.5 Å². The van der Waals surface area contributed by atoms with Crippen molar-refractivity contribution in [3.63, 3.8) is 0 Å². The molecule has 0 atom stereocenters. The van der Waals surface area contributed by atoms with E-state index in [1.54, 1.807) is 6.07 Å². The van der Waals surface area contributed by atoms with E-state index < -0.39 is 0 Å². The summed E-state index contributed by atoms with van der Waals surface area (Å²) < 4.78 is 0. The van der Waals surface area contributed by atoms with Gasteiger partial charge in [-0.25, -0.2) is 0 Å². The molecule has 0 aliphatic rings. The van der Waals surface area contributed by atoms with Crippen LogP contribution in [0.5, 0.6) is 0 Å². The van der Waals surface area contributed by atoms with Crippen molar-refractivity contribution in [2.75, 3.05) is 19.6 Å². The Morgan fingerprint density at radius 3 is 2.39 bits per heavy atom. The van der Waals surface area contributed by atoms with Gasteiger partial charge in [-0.1, -0.05) is 6.07 Å². The Balaban J connectivity index is 2.11. The zero-order chi connectivity index (χ0) is 17.2. The fourth-order valence-electron chi connectivity index (χ4n) is 2.47. The van der Waals surface area contributed by atoms with Crippen LogP contribution in [0.4, 0.5) is 0 Å². The molecule has 6 heteroatoms. The van der Waals surface area contributed by atoms with Gasteiger partial charge in [0.15, 0.2) is 0 Å². The Kier molecular flexibility index (Phi) is 8.87. The van der Waals surface area contributed by atoms with E-state index in [2.05, 4.69) is 43.2 Å². The van der Waals surface area contributed by atoms with Crippen molar-refractivity contribution in [1.29, 1.82) is 0 Å². The monoisotopic (exact) mass is 339 g/mol. The molecule has 130 valence electrons. The highest BCUT2D eigenvalue weighted by Gasteiger charge is 2.13. The third kappa shape index (κ3) is 7.61. The first-order chi connectivity index (χ1) is 10.9. The van der Waals surface area contributed by atoms with E-state index >= 15 is 0 Å². The third-order valence-corrected chi connectivity index (χ3v) is 4.50. The minimum absolute atomic E-state index is 0.0443. The third-order valence-electron chi connectivity index (χ3n) is 3.63. The van der Waals surface area contributed by atoms with Crippen LogP contribution >= 0.6 is 11.3 Å². The van der Waals surface area contributed by atoms with Crippen LogP contribution in [-0.2, 0) is 4.79 Å². The molecule has 0 fully saturated rings. The minimum Gasteiger partial charge on any atom is -0.355 e. The van der Waals surface area contributed by atoms with E-state index in [1.807, 2.05) is 11.4 Å². The summed E-state index contributed by atoms with van der Waals surface area (Å²) in [5, 5.41) is 7.65. The molecule has 2 amide bonds. The highest BCUT2D eigenvalue weighted by molar-refractivity contribution is 7.12. The maximum atomic E-state index is 11.8. The predicted molar refractivity (Wildman–Crippen MR) is 95.9 cm³/mol. The zero-order valence-electron chi connectivity index (χ0n) is 14.6. The Morgan fingerprint density at radius 1 is 1.13 bits per heavy atom. The summed E-state index contributed by atoms with van der Waals surface area (Å²) >= 11 is 1.42. The van der Waals surface area contributed by atoms with Crippen LogP contribution in [0.3, 0.4) is 0 Å². The number of carbonyl (C=O) groups is 2. The lowest BCUT2D eigenvalue weighted by atomic mass is 10.2. The summed E-state index contributed by atoms with van der Waals surface area (Å²) in [6.07, 6.45) is 1.09.